The van der Waals surface area contributed by atoms with E-state index in [2.05, 4.69) is 48.1 Å². The van der Waals surface area contributed by atoms with Crippen molar-refractivity contribution >= 4 is 35.6 Å². The van der Waals surface area contributed by atoms with Crippen LogP contribution in [-0.2, 0) is 0 Å². The molecule has 1 aliphatic rings. The molecule has 1 aromatic carbocycles. The molecule has 27 heavy (non-hydrogen) atoms. The Hall–Kier alpha value is -1.18. The highest BCUT2D eigenvalue weighted by molar-refractivity contribution is 14.0. The van der Waals surface area contributed by atoms with Gasteiger partial charge in [0.2, 0.25) is 0 Å². The molecular formula is C21H37IN4O. The van der Waals surface area contributed by atoms with Gasteiger partial charge in [-0.25, -0.2) is 0 Å². The minimum atomic E-state index is 0. The molecule has 6 heteroatoms. The third-order valence-electron chi connectivity index (χ3n) is 5.04. The molecule has 0 bridgehead atoms. The Morgan fingerprint density at radius 1 is 1.33 bits per heavy atom. The fourth-order valence-electron chi connectivity index (χ4n) is 3.45. The number of benzene rings is 1. The molecule has 2 atom stereocenters. The van der Waals surface area contributed by atoms with Crippen LogP contribution in [0.4, 0.5) is 5.69 Å². The SMILES string of the molecule is COc1cccc(N2CCC(CN=C(N)NC(C)CCCC(C)C)C2)c1.I. The van der Waals surface area contributed by atoms with Gasteiger partial charge < -0.3 is 20.7 Å². The average Bonchev–Trinajstić information content (AvgIpc) is 3.09. The van der Waals surface area contributed by atoms with Crippen molar-refractivity contribution in [2.45, 2.75) is 52.5 Å². The van der Waals surface area contributed by atoms with Crippen molar-refractivity contribution in [3.8, 4) is 5.75 Å². The molecule has 0 aliphatic carbocycles. The lowest BCUT2D eigenvalue weighted by Gasteiger charge is -2.19. The van der Waals surface area contributed by atoms with Crippen molar-refractivity contribution in [2.24, 2.45) is 22.6 Å². The van der Waals surface area contributed by atoms with Gasteiger partial charge in [0.1, 0.15) is 5.75 Å². The summed E-state index contributed by atoms with van der Waals surface area (Å²) in [5, 5.41) is 3.33. The van der Waals surface area contributed by atoms with Gasteiger partial charge >= 0.3 is 0 Å². The standard InChI is InChI=1S/C21H36N4O.HI/c1-16(2)7-5-8-17(3)24-21(22)23-14-18-11-12-25(15-18)19-9-6-10-20(13-19)26-4;/h6,9-10,13,16-18H,5,7-8,11-12,14-15H2,1-4H3,(H3,22,23,24);1H. The number of ether oxygens (including phenoxy) is 1. The second-order valence-electron chi connectivity index (χ2n) is 7.90. The van der Waals surface area contributed by atoms with Gasteiger partial charge in [-0.05, 0) is 43.7 Å². The Labute approximate surface area is 182 Å². The normalized spacial score (nSPS) is 18.3. The maximum atomic E-state index is 6.08. The fraction of sp³-hybridized carbons (Fsp3) is 0.667. The predicted octanol–water partition coefficient (Wildman–Crippen LogP) is 4.26. The van der Waals surface area contributed by atoms with Gasteiger partial charge in [0.25, 0.3) is 0 Å². The first-order chi connectivity index (χ1) is 12.5. The summed E-state index contributed by atoms with van der Waals surface area (Å²) < 4.78 is 5.32. The Kier molecular flexibility index (Phi) is 10.9. The van der Waals surface area contributed by atoms with Crippen molar-refractivity contribution in [3.63, 3.8) is 0 Å². The van der Waals surface area contributed by atoms with Crippen LogP contribution in [0.15, 0.2) is 29.3 Å². The summed E-state index contributed by atoms with van der Waals surface area (Å²) in [6.45, 7) is 9.59. The molecule has 0 radical (unpaired) electrons. The molecule has 0 amide bonds. The van der Waals surface area contributed by atoms with Crippen LogP contribution in [-0.4, -0.2) is 38.7 Å². The van der Waals surface area contributed by atoms with Gasteiger partial charge in [-0.15, -0.1) is 24.0 Å². The average molecular weight is 488 g/mol. The van der Waals surface area contributed by atoms with E-state index in [4.69, 9.17) is 10.5 Å². The number of nitrogens with one attached hydrogen (secondary N) is 1. The highest BCUT2D eigenvalue weighted by Gasteiger charge is 2.22. The first-order valence-electron chi connectivity index (χ1n) is 9.93. The lowest BCUT2D eigenvalue weighted by Crippen LogP contribution is -2.38. The molecule has 2 rings (SSSR count). The number of hydrogen-bond acceptors (Lipinski definition) is 3. The van der Waals surface area contributed by atoms with Crippen LogP contribution in [0.3, 0.4) is 0 Å². The smallest absolute Gasteiger partial charge is 0.188 e. The second-order valence-corrected chi connectivity index (χ2v) is 7.90. The largest absolute Gasteiger partial charge is 0.497 e. The zero-order chi connectivity index (χ0) is 18.9. The van der Waals surface area contributed by atoms with Crippen LogP contribution in [0.2, 0.25) is 0 Å². The lowest BCUT2D eigenvalue weighted by atomic mass is 10.0. The van der Waals surface area contributed by atoms with Crippen molar-refractivity contribution in [3.05, 3.63) is 24.3 Å². The zero-order valence-electron chi connectivity index (χ0n) is 17.3. The van der Waals surface area contributed by atoms with Crippen LogP contribution < -0.4 is 20.7 Å². The quantitative estimate of drug-likeness (QED) is 0.310. The van der Waals surface area contributed by atoms with E-state index in [0.717, 1.165) is 44.1 Å². The molecule has 1 heterocycles. The molecule has 5 nitrogen and oxygen atoms in total. The minimum Gasteiger partial charge on any atom is -0.497 e. The molecule has 1 aliphatic heterocycles. The Balaban J connectivity index is 0.00000364. The number of rotatable bonds is 9. The predicted molar refractivity (Wildman–Crippen MR) is 127 cm³/mol. The molecule has 1 aromatic rings. The van der Waals surface area contributed by atoms with Crippen molar-refractivity contribution in [2.75, 3.05) is 31.6 Å². The molecule has 3 N–H and O–H groups in total. The molecule has 0 spiro atoms. The molecule has 0 aromatic heterocycles. The Bertz CT molecular complexity index is 579. The van der Waals surface area contributed by atoms with Crippen LogP contribution in [0.25, 0.3) is 0 Å². The molecule has 1 fully saturated rings. The van der Waals surface area contributed by atoms with E-state index < -0.39 is 0 Å². The van der Waals surface area contributed by atoms with Gasteiger partial charge in [-0.3, -0.25) is 4.99 Å². The Morgan fingerprint density at radius 2 is 2.11 bits per heavy atom. The number of hydrogen-bond donors (Lipinski definition) is 2. The molecule has 0 saturated carbocycles. The number of aliphatic imine (C=N–C) groups is 1. The molecule has 1 saturated heterocycles. The van der Waals surface area contributed by atoms with Gasteiger partial charge in [-0.2, -0.15) is 0 Å². The van der Waals surface area contributed by atoms with E-state index in [1.54, 1.807) is 7.11 Å². The number of anilines is 1. The summed E-state index contributed by atoms with van der Waals surface area (Å²) in [7, 11) is 1.71. The van der Waals surface area contributed by atoms with Crippen molar-refractivity contribution in [1.29, 1.82) is 0 Å². The molecule has 2 unspecified atom stereocenters. The monoisotopic (exact) mass is 488 g/mol. The minimum absolute atomic E-state index is 0. The second kappa shape index (κ2) is 12.3. The number of halogens is 1. The highest BCUT2D eigenvalue weighted by atomic mass is 127. The fourth-order valence-corrected chi connectivity index (χ4v) is 3.45. The topological polar surface area (TPSA) is 62.9 Å². The van der Waals surface area contributed by atoms with Crippen LogP contribution in [0, 0.1) is 11.8 Å². The van der Waals surface area contributed by atoms with Gasteiger partial charge in [-0.1, -0.05) is 32.8 Å². The van der Waals surface area contributed by atoms with E-state index in [9.17, 15) is 0 Å². The van der Waals surface area contributed by atoms with Gasteiger partial charge in [0.05, 0.1) is 7.11 Å². The van der Waals surface area contributed by atoms with E-state index >= 15 is 0 Å². The number of guanidine groups is 1. The summed E-state index contributed by atoms with van der Waals surface area (Å²) in [6, 6.07) is 8.65. The first kappa shape index (κ1) is 23.9. The van der Waals surface area contributed by atoms with Gasteiger partial charge in [0.15, 0.2) is 5.96 Å². The van der Waals surface area contributed by atoms with Crippen LogP contribution in [0.5, 0.6) is 5.75 Å². The van der Waals surface area contributed by atoms with E-state index in [1.807, 2.05) is 12.1 Å². The Morgan fingerprint density at radius 3 is 2.81 bits per heavy atom. The molecule has 154 valence electrons. The maximum absolute atomic E-state index is 6.08. The lowest BCUT2D eigenvalue weighted by molar-refractivity contribution is 0.415. The summed E-state index contributed by atoms with van der Waals surface area (Å²) in [5.41, 5.74) is 7.30. The summed E-state index contributed by atoms with van der Waals surface area (Å²) in [5.74, 6) is 2.81. The van der Waals surface area contributed by atoms with Crippen molar-refractivity contribution < 1.29 is 4.74 Å². The first-order valence-corrected chi connectivity index (χ1v) is 9.93. The van der Waals surface area contributed by atoms with Crippen LogP contribution >= 0.6 is 24.0 Å². The summed E-state index contributed by atoms with van der Waals surface area (Å²) in [6.07, 6.45) is 4.79. The van der Waals surface area contributed by atoms with Gasteiger partial charge in [0, 0.05) is 37.4 Å². The summed E-state index contributed by atoms with van der Waals surface area (Å²) in [4.78, 5) is 6.99. The van der Waals surface area contributed by atoms with E-state index in [-0.39, 0.29) is 24.0 Å². The highest BCUT2D eigenvalue weighted by Crippen LogP contribution is 2.26. The number of methoxy groups -OCH3 is 1. The van der Waals surface area contributed by atoms with Crippen molar-refractivity contribution in [1.82, 2.24) is 5.32 Å². The maximum Gasteiger partial charge on any atom is 0.188 e. The summed E-state index contributed by atoms with van der Waals surface area (Å²) >= 11 is 0. The zero-order valence-corrected chi connectivity index (χ0v) is 19.6. The van der Waals surface area contributed by atoms with E-state index in [0.29, 0.717) is 17.9 Å². The van der Waals surface area contributed by atoms with E-state index in [1.165, 1.54) is 18.5 Å². The van der Waals surface area contributed by atoms with Crippen LogP contribution in [0.1, 0.15) is 46.5 Å². The third kappa shape index (κ3) is 8.58. The number of nitrogens with zero attached hydrogens (tertiary/aromatic N) is 2. The third-order valence-corrected chi connectivity index (χ3v) is 5.04. The number of nitrogens with two attached hydrogens (primary N) is 1. The molecular weight excluding hydrogens is 451 g/mol.